The van der Waals surface area contributed by atoms with Gasteiger partial charge in [-0.3, -0.25) is 0 Å². The van der Waals surface area contributed by atoms with Gasteiger partial charge in [-0.05, 0) is 142 Å². The average Bonchev–Trinajstić information content (AvgIpc) is 2.16. The topological polar surface area (TPSA) is 48.5 Å². The SMILES string of the molecule is Cc1cc(C)c(-c2ccc3c(c2)c2ccc(-n4c5ccccc5c5ccccc54)cc2n3Cc2c(-c3ccc(-c4ccccc4)cc3)cc(-c3nc(-c4ccccc4)nc(-c4ccccc4)n3)cc2-c2ccc(-c3ccccc3)cc2)c(C)c1. The molecule has 0 spiro atoms. The summed E-state index contributed by atoms with van der Waals surface area (Å²) in [5, 5.41) is 4.88. The summed E-state index contributed by atoms with van der Waals surface area (Å²) in [5.41, 5.74) is 25.0. The number of rotatable bonds is 11. The molecule has 0 unspecified atom stereocenters. The van der Waals surface area contributed by atoms with Crippen LogP contribution in [0.1, 0.15) is 22.3 Å². The van der Waals surface area contributed by atoms with Crippen molar-refractivity contribution in [2.45, 2.75) is 27.3 Å². The molecule has 15 aromatic rings. The van der Waals surface area contributed by atoms with Crippen molar-refractivity contribution in [3.63, 3.8) is 0 Å². The van der Waals surface area contributed by atoms with Gasteiger partial charge in [0.05, 0.1) is 16.6 Å². The van der Waals surface area contributed by atoms with Crippen molar-refractivity contribution < 1.29 is 0 Å². The first-order chi connectivity index (χ1) is 41.4. The molecule has 15 rings (SSSR count). The summed E-state index contributed by atoms with van der Waals surface area (Å²) < 4.78 is 5.01. The van der Waals surface area contributed by atoms with Crippen LogP contribution in [0.2, 0.25) is 0 Å². The van der Waals surface area contributed by atoms with Crippen LogP contribution in [0.5, 0.6) is 0 Å². The fourth-order valence-corrected chi connectivity index (χ4v) is 12.9. The number of hydrogen-bond acceptors (Lipinski definition) is 3. The van der Waals surface area contributed by atoms with E-state index in [9.17, 15) is 0 Å². The minimum absolute atomic E-state index is 0.548. The van der Waals surface area contributed by atoms with E-state index in [0.29, 0.717) is 24.0 Å². The third-order valence-corrected chi connectivity index (χ3v) is 16.8. The molecule has 0 aliphatic carbocycles. The highest BCUT2D eigenvalue weighted by Crippen LogP contribution is 2.43. The summed E-state index contributed by atoms with van der Waals surface area (Å²) >= 11 is 0. The lowest BCUT2D eigenvalue weighted by Crippen LogP contribution is -2.06. The molecule has 0 bridgehead atoms. The molecule has 84 heavy (non-hydrogen) atoms. The van der Waals surface area contributed by atoms with Crippen LogP contribution in [0.15, 0.2) is 279 Å². The third kappa shape index (κ3) is 9.04. The number of fused-ring (bicyclic) bond motifs is 6. The molecule has 3 aromatic heterocycles. The predicted molar refractivity (Wildman–Crippen MR) is 350 cm³/mol. The molecule has 12 aromatic carbocycles. The Morgan fingerprint density at radius 3 is 1.19 bits per heavy atom. The molecule has 0 fully saturated rings. The summed E-state index contributed by atoms with van der Waals surface area (Å²) in [6.45, 7) is 7.22. The Bertz CT molecular complexity index is 4730. The number of benzene rings is 12. The molecular formula is C79H57N5. The van der Waals surface area contributed by atoms with Gasteiger partial charge < -0.3 is 9.13 Å². The van der Waals surface area contributed by atoms with E-state index in [-0.39, 0.29) is 0 Å². The summed E-state index contributed by atoms with van der Waals surface area (Å²) in [5.74, 6) is 1.83. The Kier molecular flexibility index (Phi) is 12.5. The lowest BCUT2D eigenvalue weighted by atomic mass is 9.88. The molecule has 3 heterocycles. The number of aromatic nitrogens is 5. The van der Waals surface area contributed by atoms with Crippen molar-refractivity contribution in [3.05, 3.63) is 301 Å². The van der Waals surface area contributed by atoms with Crippen molar-refractivity contribution in [1.82, 2.24) is 24.1 Å². The fourth-order valence-electron chi connectivity index (χ4n) is 12.9. The van der Waals surface area contributed by atoms with Gasteiger partial charge in [-0.2, -0.15) is 0 Å². The third-order valence-electron chi connectivity index (χ3n) is 16.8. The van der Waals surface area contributed by atoms with Crippen LogP contribution < -0.4 is 0 Å². The molecule has 0 atom stereocenters. The Labute approximate surface area is 489 Å². The van der Waals surface area contributed by atoms with Crippen LogP contribution in [0.3, 0.4) is 0 Å². The van der Waals surface area contributed by atoms with E-state index in [0.717, 1.165) is 66.8 Å². The van der Waals surface area contributed by atoms with Crippen LogP contribution >= 0.6 is 0 Å². The van der Waals surface area contributed by atoms with E-state index in [2.05, 4.69) is 273 Å². The molecular weight excluding hydrogens is 1020 g/mol. The van der Waals surface area contributed by atoms with Crippen molar-refractivity contribution in [2.75, 3.05) is 0 Å². The lowest BCUT2D eigenvalue weighted by Gasteiger charge is -2.21. The Hall–Kier alpha value is -10.8. The minimum Gasteiger partial charge on any atom is -0.336 e. The first-order valence-corrected chi connectivity index (χ1v) is 28.9. The highest BCUT2D eigenvalue weighted by Gasteiger charge is 2.23. The first kappa shape index (κ1) is 50.2. The maximum Gasteiger partial charge on any atom is 0.164 e. The minimum atomic E-state index is 0.548. The molecule has 0 N–H and O–H groups in total. The van der Waals surface area contributed by atoms with Crippen molar-refractivity contribution in [1.29, 1.82) is 0 Å². The summed E-state index contributed by atoms with van der Waals surface area (Å²) in [4.78, 5) is 15.9. The van der Waals surface area contributed by atoms with Crippen LogP contribution in [0, 0.1) is 20.8 Å². The predicted octanol–water partition coefficient (Wildman–Crippen LogP) is 20.4. The van der Waals surface area contributed by atoms with Crippen LogP contribution in [-0.4, -0.2) is 24.1 Å². The van der Waals surface area contributed by atoms with Crippen LogP contribution in [0.25, 0.3) is 139 Å². The summed E-state index contributed by atoms with van der Waals surface area (Å²) in [6.07, 6.45) is 0. The first-order valence-electron chi connectivity index (χ1n) is 28.9. The van der Waals surface area contributed by atoms with Crippen molar-refractivity contribution in [2.24, 2.45) is 0 Å². The van der Waals surface area contributed by atoms with Crippen LogP contribution in [0.4, 0.5) is 0 Å². The normalized spacial score (nSPS) is 11.6. The van der Waals surface area contributed by atoms with Gasteiger partial charge in [-0.15, -0.1) is 0 Å². The monoisotopic (exact) mass is 1080 g/mol. The van der Waals surface area contributed by atoms with Gasteiger partial charge in [0.15, 0.2) is 17.5 Å². The van der Waals surface area contributed by atoms with E-state index >= 15 is 0 Å². The summed E-state index contributed by atoms with van der Waals surface area (Å²) in [6, 6.07) is 101. The number of nitrogens with zero attached hydrogens (tertiary/aromatic N) is 5. The maximum atomic E-state index is 5.36. The number of hydrogen-bond donors (Lipinski definition) is 0. The van der Waals surface area contributed by atoms with Gasteiger partial charge in [0.1, 0.15) is 0 Å². The van der Waals surface area contributed by atoms with E-state index < -0.39 is 0 Å². The number of para-hydroxylation sites is 2. The van der Waals surface area contributed by atoms with Crippen molar-refractivity contribution in [3.8, 4) is 95.5 Å². The van der Waals surface area contributed by atoms with E-state index in [1.807, 2.05) is 36.4 Å². The van der Waals surface area contributed by atoms with Gasteiger partial charge in [-0.25, -0.2) is 15.0 Å². The van der Waals surface area contributed by atoms with Crippen LogP contribution in [-0.2, 0) is 6.54 Å². The maximum absolute atomic E-state index is 5.36. The Morgan fingerprint density at radius 2 is 0.690 bits per heavy atom. The zero-order chi connectivity index (χ0) is 56.3. The standard InChI is InChI=1S/C79H57N5/c1-51-44-52(2)76(53(3)45-51)62-40-43-72-70(46-62)67-42-41-64(84-73-30-18-16-28-65(73)66-29-17-19-31-74(66)84)49-75(67)83(72)50-71-68(58-36-32-56(33-37-58)54-20-8-4-9-21-54)47-63(48-69(71)59-38-34-57(35-39-59)55-22-10-5-11-23-55)79-81-77(60-24-12-6-13-25-60)80-78(82-79)61-26-14-7-15-27-61/h4-49H,50H2,1-3H3. The second-order valence-electron chi connectivity index (χ2n) is 22.1. The second kappa shape index (κ2) is 21.0. The molecule has 5 nitrogen and oxygen atoms in total. The van der Waals surface area contributed by atoms with Gasteiger partial charge in [0.25, 0.3) is 0 Å². The molecule has 0 saturated carbocycles. The van der Waals surface area contributed by atoms with Gasteiger partial charge >= 0.3 is 0 Å². The van der Waals surface area contributed by atoms with Crippen molar-refractivity contribution >= 4 is 43.6 Å². The Balaban J connectivity index is 1.02. The smallest absolute Gasteiger partial charge is 0.164 e. The average molecular weight is 1080 g/mol. The zero-order valence-corrected chi connectivity index (χ0v) is 47.0. The quantitative estimate of drug-likeness (QED) is 0.130. The van der Waals surface area contributed by atoms with E-state index in [4.69, 9.17) is 15.0 Å². The molecule has 398 valence electrons. The zero-order valence-electron chi connectivity index (χ0n) is 47.0. The lowest BCUT2D eigenvalue weighted by molar-refractivity contribution is 0.871. The molecule has 0 saturated heterocycles. The molecule has 0 aliphatic heterocycles. The molecule has 0 radical (unpaired) electrons. The second-order valence-corrected chi connectivity index (χ2v) is 22.1. The van der Waals surface area contributed by atoms with Gasteiger partial charge in [0.2, 0.25) is 0 Å². The molecule has 0 aliphatic rings. The fraction of sp³-hybridized carbons (Fsp3) is 0.0506. The summed E-state index contributed by atoms with van der Waals surface area (Å²) in [7, 11) is 0. The highest BCUT2D eigenvalue weighted by atomic mass is 15.0. The van der Waals surface area contributed by atoms with Gasteiger partial charge in [0, 0.05) is 56.0 Å². The largest absolute Gasteiger partial charge is 0.336 e. The molecule has 5 heteroatoms. The van der Waals surface area contributed by atoms with Gasteiger partial charge in [-0.1, -0.05) is 236 Å². The highest BCUT2D eigenvalue weighted by molar-refractivity contribution is 6.12. The van der Waals surface area contributed by atoms with E-state index in [1.54, 1.807) is 0 Å². The molecule has 0 amide bonds. The Morgan fingerprint density at radius 1 is 0.286 bits per heavy atom. The number of aryl methyl sites for hydroxylation is 3. The van der Waals surface area contributed by atoms with E-state index in [1.165, 1.54) is 77.1 Å².